The van der Waals surface area contributed by atoms with Crippen LogP contribution in [0.5, 0.6) is 0 Å². The molecule has 6 nitrogen and oxygen atoms in total. The molecule has 28 heavy (non-hydrogen) atoms. The Bertz CT molecular complexity index is 1090. The van der Waals surface area contributed by atoms with E-state index in [0.29, 0.717) is 22.8 Å². The summed E-state index contributed by atoms with van der Waals surface area (Å²) in [6, 6.07) is 13.1. The number of halogens is 1. The smallest absolute Gasteiger partial charge is 0.257 e. The number of amides is 1. The van der Waals surface area contributed by atoms with Gasteiger partial charge in [0.2, 0.25) is 0 Å². The SMILES string of the molecule is Cc1ccc(C(C)NC(=O)c2cnn(-c3ccc(F)cc3)c2-n2cccc2)o1. The van der Waals surface area contributed by atoms with E-state index in [0.717, 1.165) is 5.76 Å². The molecule has 0 aliphatic heterocycles. The van der Waals surface area contributed by atoms with Crippen molar-refractivity contribution in [3.63, 3.8) is 0 Å². The van der Waals surface area contributed by atoms with Crippen molar-refractivity contribution in [1.29, 1.82) is 0 Å². The summed E-state index contributed by atoms with van der Waals surface area (Å²) in [5.41, 5.74) is 1.05. The van der Waals surface area contributed by atoms with Crippen LogP contribution in [0, 0.1) is 12.7 Å². The molecule has 3 heterocycles. The molecule has 0 aliphatic rings. The number of carbonyl (C=O) groups excluding carboxylic acids is 1. The number of hydrogen-bond donors (Lipinski definition) is 1. The van der Waals surface area contributed by atoms with Gasteiger partial charge in [0.05, 0.1) is 17.9 Å². The van der Waals surface area contributed by atoms with Crippen LogP contribution in [-0.4, -0.2) is 20.3 Å². The third-order valence-electron chi connectivity index (χ3n) is 4.44. The lowest BCUT2D eigenvalue weighted by atomic mass is 10.2. The molecule has 1 N–H and O–H groups in total. The van der Waals surface area contributed by atoms with Gasteiger partial charge in [-0.2, -0.15) is 5.10 Å². The fourth-order valence-electron chi connectivity index (χ4n) is 3.03. The van der Waals surface area contributed by atoms with Gasteiger partial charge in [0.1, 0.15) is 22.9 Å². The number of rotatable bonds is 5. The molecule has 142 valence electrons. The zero-order valence-electron chi connectivity index (χ0n) is 15.5. The van der Waals surface area contributed by atoms with Crippen LogP contribution in [0.3, 0.4) is 0 Å². The molecule has 3 aromatic heterocycles. The van der Waals surface area contributed by atoms with E-state index < -0.39 is 0 Å². The van der Waals surface area contributed by atoms with Crippen LogP contribution >= 0.6 is 0 Å². The normalized spacial score (nSPS) is 12.1. The fourth-order valence-corrected chi connectivity index (χ4v) is 3.03. The lowest BCUT2D eigenvalue weighted by Gasteiger charge is -2.14. The van der Waals surface area contributed by atoms with Gasteiger partial charge in [0.15, 0.2) is 5.82 Å². The van der Waals surface area contributed by atoms with E-state index in [4.69, 9.17) is 4.42 Å². The molecule has 1 atom stereocenters. The quantitative estimate of drug-likeness (QED) is 0.566. The first-order valence-corrected chi connectivity index (χ1v) is 8.87. The van der Waals surface area contributed by atoms with Crippen molar-refractivity contribution in [2.75, 3.05) is 0 Å². The van der Waals surface area contributed by atoms with E-state index in [9.17, 15) is 9.18 Å². The number of nitrogens with one attached hydrogen (secondary N) is 1. The van der Waals surface area contributed by atoms with E-state index in [1.54, 1.807) is 21.4 Å². The highest BCUT2D eigenvalue weighted by molar-refractivity contribution is 5.97. The average molecular weight is 378 g/mol. The Morgan fingerprint density at radius 2 is 1.86 bits per heavy atom. The summed E-state index contributed by atoms with van der Waals surface area (Å²) in [5, 5.41) is 7.31. The van der Waals surface area contributed by atoms with Gasteiger partial charge < -0.3 is 14.3 Å². The number of nitrogens with zero attached hydrogens (tertiary/aromatic N) is 3. The maximum Gasteiger partial charge on any atom is 0.257 e. The van der Waals surface area contributed by atoms with E-state index in [1.165, 1.54) is 18.3 Å². The number of furan rings is 1. The number of benzene rings is 1. The topological polar surface area (TPSA) is 65.0 Å². The molecule has 0 radical (unpaired) electrons. The maximum atomic E-state index is 13.3. The summed E-state index contributed by atoms with van der Waals surface area (Å²) < 4.78 is 22.3. The minimum Gasteiger partial charge on any atom is -0.464 e. The summed E-state index contributed by atoms with van der Waals surface area (Å²) in [6.07, 6.45) is 5.16. The zero-order valence-corrected chi connectivity index (χ0v) is 15.5. The van der Waals surface area contributed by atoms with Gasteiger partial charge in [-0.25, -0.2) is 9.07 Å². The van der Waals surface area contributed by atoms with Crippen molar-refractivity contribution >= 4 is 5.91 Å². The fraction of sp³-hybridized carbons (Fsp3) is 0.143. The standard InChI is InChI=1S/C21H19FN4O2/c1-14-5-10-19(28-14)15(2)24-20(27)18-13-23-26(17-8-6-16(22)7-9-17)21(18)25-11-3-4-12-25/h3-13,15H,1-2H3,(H,24,27). The Morgan fingerprint density at radius 1 is 1.14 bits per heavy atom. The van der Waals surface area contributed by atoms with Gasteiger partial charge in [-0.15, -0.1) is 0 Å². The molecule has 1 unspecified atom stereocenters. The first-order valence-electron chi connectivity index (χ1n) is 8.87. The summed E-state index contributed by atoms with van der Waals surface area (Å²) in [6.45, 7) is 3.71. The Hall–Kier alpha value is -3.61. The molecule has 0 aliphatic carbocycles. The first kappa shape index (κ1) is 17.8. The Labute approximate surface area is 161 Å². The monoisotopic (exact) mass is 378 g/mol. The third-order valence-corrected chi connectivity index (χ3v) is 4.44. The van der Waals surface area contributed by atoms with E-state index in [2.05, 4.69) is 10.4 Å². The molecule has 4 rings (SSSR count). The van der Waals surface area contributed by atoms with Gasteiger partial charge in [-0.05, 0) is 62.4 Å². The molecular weight excluding hydrogens is 359 g/mol. The van der Waals surface area contributed by atoms with Gasteiger partial charge in [-0.1, -0.05) is 0 Å². The molecule has 0 saturated carbocycles. The Morgan fingerprint density at radius 3 is 2.50 bits per heavy atom. The van der Waals surface area contributed by atoms with Gasteiger partial charge >= 0.3 is 0 Å². The van der Waals surface area contributed by atoms with Crippen molar-refractivity contribution in [1.82, 2.24) is 19.7 Å². The zero-order chi connectivity index (χ0) is 19.7. The van der Waals surface area contributed by atoms with Crippen molar-refractivity contribution < 1.29 is 13.6 Å². The van der Waals surface area contributed by atoms with Crippen molar-refractivity contribution in [2.24, 2.45) is 0 Å². The predicted octanol–water partition coefficient (Wildman–Crippen LogP) is 4.19. The molecule has 1 amide bonds. The Balaban J connectivity index is 1.70. The number of aromatic nitrogens is 3. The van der Waals surface area contributed by atoms with E-state index in [1.807, 2.05) is 50.5 Å². The van der Waals surface area contributed by atoms with Crippen LogP contribution in [0.4, 0.5) is 4.39 Å². The van der Waals surface area contributed by atoms with E-state index >= 15 is 0 Å². The van der Waals surface area contributed by atoms with Crippen LogP contribution in [0.25, 0.3) is 11.5 Å². The lowest BCUT2D eigenvalue weighted by Crippen LogP contribution is -2.27. The van der Waals surface area contributed by atoms with Gasteiger partial charge in [0.25, 0.3) is 5.91 Å². The highest BCUT2D eigenvalue weighted by Crippen LogP contribution is 2.22. The Kier molecular flexibility index (Phi) is 4.57. The highest BCUT2D eigenvalue weighted by atomic mass is 19.1. The molecule has 1 aromatic carbocycles. The average Bonchev–Trinajstić information content (AvgIpc) is 3.42. The third kappa shape index (κ3) is 3.34. The summed E-state index contributed by atoms with van der Waals surface area (Å²) in [4.78, 5) is 13.0. The number of aryl methyl sites for hydroxylation is 1. The second kappa shape index (κ2) is 7.19. The van der Waals surface area contributed by atoms with Crippen LogP contribution < -0.4 is 5.32 Å². The molecule has 7 heteroatoms. The predicted molar refractivity (Wildman–Crippen MR) is 102 cm³/mol. The van der Waals surface area contributed by atoms with Gasteiger partial charge in [0, 0.05) is 12.4 Å². The molecular formula is C21H19FN4O2. The largest absolute Gasteiger partial charge is 0.464 e. The molecule has 4 aromatic rings. The number of carbonyl (C=O) groups is 1. The van der Waals surface area contributed by atoms with Crippen LogP contribution in [0.15, 0.2) is 71.5 Å². The first-order chi connectivity index (χ1) is 13.5. The molecule has 0 spiro atoms. The molecule has 0 fully saturated rings. The summed E-state index contributed by atoms with van der Waals surface area (Å²) in [5.74, 6) is 1.42. The van der Waals surface area contributed by atoms with Crippen LogP contribution in [0.2, 0.25) is 0 Å². The van der Waals surface area contributed by atoms with E-state index in [-0.39, 0.29) is 17.8 Å². The van der Waals surface area contributed by atoms with Crippen molar-refractivity contribution in [3.05, 3.63) is 90.0 Å². The summed E-state index contributed by atoms with van der Waals surface area (Å²) >= 11 is 0. The second-order valence-electron chi connectivity index (χ2n) is 6.50. The molecule has 0 bridgehead atoms. The van der Waals surface area contributed by atoms with Crippen LogP contribution in [0.1, 0.15) is 34.8 Å². The summed E-state index contributed by atoms with van der Waals surface area (Å²) in [7, 11) is 0. The minimum atomic E-state index is -0.334. The second-order valence-corrected chi connectivity index (χ2v) is 6.50. The van der Waals surface area contributed by atoms with Crippen molar-refractivity contribution in [3.8, 4) is 11.5 Å². The van der Waals surface area contributed by atoms with Gasteiger partial charge in [-0.3, -0.25) is 4.79 Å². The molecule has 0 saturated heterocycles. The minimum absolute atomic E-state index is 0.279. The van der Waals surface area contributed by atoms with Crippen LogP contribution in [-0.2, 0) is 0 Å². The maximum absolute atomic E-state index is 13.3. The van der Waals surface area contributed by atoms with Crippen molar-refractivity contribution in [2.45, 2.75) is 19.9 Å². The number of hydrogen-bond acceptors (Lipinski definition) is 3. The lowest BCUT2D eigenvalue weighted by molar-refractivity contribution is 0.0935. The highest BCUT2D eigenvalue weighted by Gasteiger charge is 2.22.